The van der Waals surface area contributed by atoms with Gasteiger partial charge in [0.25, 0.3) is 5.91 Å². The number of ether oxygens (including phenoxy) is 2. The Hall–Kier alpha value is -4.16. The molecule has 1 amide bonds. The fourth-order valence-corrected chi connectivity index (χ4v) is 4.28. The van der Waals surface area contributed by atoms with Gasteiger partial charge in [0.1, 0.15) is 0 Å². The molecule has 12 heteroatoms. The molecule has 212 valence electrons. The molecule has 2 aliphatic rings. The highest BCUT2D eigenvalue weighted by atomic mass is 19.4. The van der Waals surface area contributed by atoms with E-state index >= 15 is 0 Å². The molecule has 0 spiro atoms. The number of pyridine rings is 1. The lowest BCUT2D eigenvalue weighted by molar-refractivity contribution is -0.192. The lowest BCUT2D eigenvalue weighted by atomic mass is 10.1. The zero-order valence-corrected chi connectivity index (χ0v) is 21.7. The highest BCUT2D eigenvalue weighted by molar-refractivity contribution is 5.94. The molecule has 5 rings (SSSR count). The number of carboxylic acids is 1. The fraction of sp³-hybridized carbons (Fsp3) is 0.321. The molecule has 1 atom stereocenters. The van der Waals surface area contributed by atoms with Crippen LogP contribution in [-0.4, -0.2) is 65.5 Å². The van der Waals surface area contributed by atoms with Crippen molar-refractivity contribution in [1.82, 2.24) is 20.5 Å². The molecule has 3 heterocycles. The van der Waals surface area contributed by atoms with Crippen LogP contribution in [0.2, 0.25) is 0 Å². The van der Waals surface area contributed by atoms with Crippen LogP contribution in [0.4, 0.5) is 13.2 Å². The Morgan fingerprint density at radius 1 is 1.10 bits per heavy atom. The molecule has 0 unspecified atom stereocenters. The number of amides is 1. The minimum atomic E-state index is -5.08. The van der Waals surface area contributed by atoms with Crippen molar-refractivity contribution in [3.63, 3.8) is 0 Å². The number of hydrogen-bond acceptors (Lipinski definition) is 7. The van der Waals surface area contributed by atoms with Crippen LogP contribution in [0.15, 0.2) is 60.7 Å². The van der Waals surface area contributed by atoms with E-state index in [4.69, 9.17) is 24.4 Å². The fourth-order valence-electron chi connectivity index (χ4n) is 4.28. The van der Waals surface area contributed by atoms with Gasteiger partial charge in [-0.05, 0) is 48.9 Å². The first-order valence-electron chi connectivity index (χ1n) is 12.6. The first-order chi connectivity index (χ1) is 19.1. The second-order valence-electron chi connectivity index (χ2n) is 9.36. The molecule has 9 nitrogen and oxygen atoms in total. The maximum atomic E-state index is 12.6. The summed E-state index contributed by atoms with van der Waals surface area (Å²) >= 11 is 0. The van der Waals surface area contributed by atoms with E-state index in [2.05, 4.69) is 46.7 Å². The van der Waals surface area contributed by atoms with E-state index in [-0.39, 0.29) is 12.7 Å². The molecule has 40 heavy (non-hydrogen) atoms. The highest BCUT2D eigenvalue weighted by Gasteiger charge is 2.38. The third-order valence-corrected chi connectivity index (χ3v) is 6.20. The second-order valence-corrected chi connectivity index (χ2v) is 9.36. The number of alkyl halides is 3. The molecule has 0 bridgehead atoms. The first-order valence-corrected chi connectivity index (χ1v) is 12.6. The summed E-state index contributed by atoms with van der Waals surface area (Å²) in [5, 5.41) is 13.6. The van der Waals surface area contributed by atoms with Crippen LogP contribution in [0.1, 0.15) is 28.5 Å². The number of aliphatic carboxylic acids is 1. The van der Waals surface area contributed by atoms with Gasteiger partial charge >= 0.3 is 12.1 Å². The van der Waals surface area contributed by atoms with E-state index in [1.54, 1.807) is 18.2 Å². The number of benzene rings is 2. The molecule has 0 radical (unpaired) electrons. The predicted molar refractivity (Wildman–Crippen MR) is 140 cm³/mol. The minimum Gasteiger partial charge on any atom is -0.475 e. The summed E-state index contributed by atoms with van der Waals surface area (Å²) in [6, 6.07) is 20.1. The van der Waals surface area contributed by atoms with Crippen LogP contribution in [0, 0.1) is 0 Å². The average Bonchev–Trinajstić information content (AvgIpc) is 3.40. The number of nitrogens with one attached hydrogen (secondary N) is 2. The number of piperazine rings is 1. The quantitative estimate of drug-likeness (QED) is 0.419. The van der Waals surface area contributed by atoms with Crippen molar-refractivity contribution in [1.29, 1.82) is 0 Å². The van der Waals surface area contributed by atoms with Crippen LogP contribution in [0.25, 0.3) is 11.3 Å². The SMILES string of the molecule is C[C@H]1CN(Cc2cccc(-c3cccc(CNC(=O)c4ccc5c(c4)OCO5)c3)n2)CCN1.O=C(O)C(F)(F)F. The van der Waals surface area contributed by atoms with Gasteiger partial charge in [-0.2, -0.15) is 13.2 Å². The second kappa shape index (κ2) is 12.8. The van der Waals surface area contributed by atoms with E-state index in [9.17, 15) is 18.0 Å². The van der Waals surface area contributed by atoms with Gasteiger partial charge in [-0.3, -0.25) is 14.7 Å². The van der Waals surface area contributed by atoms with E-state index in [0.717, 1.165) is 48.7 Å². The minimum absolute atomic E-state index is 0.149. The summed E-state index contributed by atoms with van der Waals surface area (Å²) in [5.74, 6) is -1.64. The van der Waals surface area contributed by atoms with E-state index < -0.39 is 12.1 Å². The summed E-state index contributed by atoms with van der Waals surface area (Å²) in [4.78, 5) is 28.8. The van der Waals surface area contributed by atoms with Crippen LogP contribution in [0.3, 0.4) is 0 Å². The van der Waals surface area contributed by atoms with E-state index in [1.807, 2.05) is 18.2 Å². The van der Waals surface area contributed by atoms with Gasteiger partial charge < -0.3 is 25.2 Å². The van der Waals surface area contributed by atoms with Crippen molar-refractivity contribution in [2.24, 2.45) is 0 Å². The predicted octanol–water partition coefficient (Wildman–Crippen LogP) is 3.83. The smallest absolute Gasteiger partial charge is 0.475 e. The maximum Gasteiger partial charge on any atom is 0.490 e. The van der Waals surface area contributed by atoms with E-state index in [0.29, 0.717) is 29.6 Å². The van der Waals surface area contributed by atoms with Crippen LogP contribution >= 0.6 is 0 Å². The zero-order valence-electron chi connectivity index (χ0n) is 21.7. The monoisotopic (exact) mass is 558 g/mol. The van der Waals surface area contributed by atoms with Crippen molar-refractivity contribution >= 4 is 11.9 Å². The number of halogens is 3. The summed E-state index contributed by atoms with van der Waals surface area (Å²) in [5.41, 5.74) is 4.62. The van der Waals surface area contributed by atoms with Gasteiger partial charge in [-0.25, -0.2) is 4.79 Å². The Kier molecular flexibility index (Phi) is 9.22. The van der Waals surface area contributed by atoms with Gasteiger partial charge in [0, 0.05) is 49.9 Å². The summed E-state index contributed by atoms with van der Waals surface area (Å²) in [7, 11) is 0. The molecule has 0 saturated carbocycles. The van der Waals surface area contributed by atoms with Crippen molar-refractivity contribution in [3.8, 4) is 22.8 Å². The Bertz CT molecular complexity index is 1350. The summed E-state index contributed by atoms with van der Waals surface area (Å²) in [6.45, 7) is 6.77. The molecule has 3 aromatic rings. The van der Waals surface area contributed by atoms with E-state index in [1.165, 1.54) is 0 Å². The van der Waals surface area contributed by atoms with Crippen molar-refractivity contribution in [2.45, 2.75) is 32.2 Å². The Labute approximate surface area is 228 Å². The number of fused-ring (bicyclic) bond motifs is 1. The van der Waals surface area contributed by atoms with Gasteiger partial charge in [0.05, 0.1) is 11.4 Å². The van der Waals surface area contributed by atoms with Crippen molar-refractivity contribution in [2.75, 3.05) is 26.4 Å². The Balaban J connectivity index is 0.000000470. The number of carbonyl (C=O) groups is 2. The topological polar surface area (TPSA) is 113 Å². The first kappa shape index (κ1) is 28.8. The number of rotatable bonds is 6. The third kappa shape index (κ3) is 7.93. The number of hydrogen-bond donors (Lipinski definition) is 3. The van der Waals surface area contributed by atoms with Gasteiger partial charge in [-0.1, -0.05) is 24.3 Å². The van der Waals surface area contributed by atoms with Crippen LogP contribution in [0.5, 0.6) is 11.5 Å². The maximum absolute atomic E-state index is 12.6. The Morgan fingerprint density at radius 3 is 2.60 bits per heavy atom. The van der Waals surface area contributed by atoms with Gasteiger partial charge in [0.2, 0.25) is 6.79 Å². The molecule has 1 fully saturated rings. The molecule has 2 aromatic carbocycles. The number of carboxylic acid groups (broad SMARTS) is 1. The molecular formula is C28H29F3N4O5. The molecular weight excluding hydrogens is 529 g/mol. The lowest BCUT2D eigenvalue weighted by Crippen LogP contribution is -2.48. The highest BCUT2D eigenvalue weighted by Crippen LogP contribution is 2.32. The van der Waals surface area contributed by atoms with Crippen molar-refractivity contribution in [3.05, 3.63) is 77.5 Å². The number of nitrogens with zero attached hydrogens (tertiary/aromatic N) is 2. The molecule has 0 aliphatic carbocycles. The number of aromatic nitrogens is 1. The Morgan fingerprint density at radius 2 is 1.85 bits per heavy atom. The molecule has 1 aromatic heterocycles. The summed E-state index contributed by atoms with van der Waals surface area (Å²) in [6.07, 6.45) is -5.08. The average molecular weight is 559 g/mol. The summed E-state index contributed by atoms with van der Waals surface area (Å²) < 4.78 is 42.4. The standard InChI is InChI=1S/C26H28N4O3.C2HF3O2/c1-18-15-30(11-10-27-18)16-22-6-3-7-23(29-22)20-5-2-4-19(12-20)14-28-26(31)21-8-9-24-25(13-21)33-17-32-24;3-2(4,5)1(6)7/h2-9,12-13,18,27H,10-11,14-17H2,1H3,(H,28,31);(H,6,7)/t18-;/m0./s1. The molecule has 3 N–H and O–H groups in total. The zero-order chi connectivity index (χ0) is 28.7. The van der Waals surface area contributed by atoms with Gasteiger partial charge in [0.15, 0.2) is 11.5 Å². The van der Waals surface area contributed by atoms with Gasteiger partial charge in [-0.15, -0.1) is 0 Å². The van der Waals surface area contributed by atoms with Crippen LogP contribution in [-0.2, 0) is 17.9 Å². The number of carbonyl (C=O) groups excluding carboxylic acids is 1. The van der Waals surface area contributed by atoms with Crippen molar-refractivity contribution < 1.29 is 37.3 Å². The molecule has 1 saturated heterocycles. The molecule has 2 aliphatic heterocycles. The normalized spacial score (nSPS) is 16.6. The lowest BCUT2D eigenvalue weighted by Gasteiger charge is -2.31. The van der Waals surface area contributed by atoms with Crippen LogP contribution < -0.4 is 20.1 Å². The third-order valence-electron chi connectivity index (χ3n) is 6.20. The largest absolute Gasteiger partial charge is 0.490 e.